The molecule has 1 aromatic carbocycles. The summed E-state index contributed by atoms with van der Waals surface area (Å²) in [5, 5.41) is 0. The van der Waals surface area contributed by atoms with Crippen LogP contribution in [0.5, 0.6) is 5.75 Å². The molecule has 1 aromatic rings. The normalized spacial score (nSPS) is 15.0. The van der Waals surface area contributed by atoms with Gasteiger partial charge in [-0.1, -0.05) is 6.07 Å². The van der Waals surface area contributed by atoms with E-state index in [4.69, 9.17) is 4.74 Å². The molecule has 1 aliphatic carbocycles. The third-order valence-corrected chi connectivity index (χ3v) is 3.14. The first-order valence-electron chi connectivity index (χ1n) is 5.14. The van der Waals surface area contributed by atoms with Gasteiger partial charge < -0.3 is 9.53 Å². The molecule has 1 saturated carbocycles. The maximum atomic E-state index is 10.4. The van der Waals surface area contributed by atoms with Gasteiger partial charge in [0.2, 0.25) is 0 Å². The summed E-state index contributed by atoms with van der Waals surface area (Å²) in [6, 6.07) is 5.80. The smallest absolute Gasteiger partial charge is 0.133 e. The summed E-state index contributed by atoms with van der Waals surface area (Å²) in [4.78, 5) is 10.4. The van der Waals surface area contributed by atoms with Crippen molar-refractivity contribution in [3.63, 3.8) is 0 Å². The number of halogens is 1. The second-order valence-corrected chi connectivity index (χ2v) is 4.74. The highest BCUT2D eigenvalue weighted by Crippen LogP contribution is 2.32. The molecule has 0 heterocycles. The van der Waals surface area contributed by atoms with Crippen molar-refractivity contribution in [2.45, 2.75) is 19.3 Å². The van der Waals surface area contributed by atoms with Crippen molar-refractivity contribution in [2.24, 2.45) is 5.92 Å². The molecular formula is C12H13BrO2. The summed E-state index contributed by atoms with van der Waals surface area (Å²) in [7, 11) is 0. The van der Waals surface area contributed by atoms with Crippen LogP contribution in [0.4, 0.5) is 0 Å². The molecule has 0 unspecified atom stereocenters. The van der Waals surface area contributed by atoms with Gasteiger partial charge in [-0.3, -0.25) is 0 Å². The van der Waals surface area contributed by atoms with Gasteiger partial charge in [-0.25, -0.2) is 0 Å². The van der Waals surface area contributed by atoms with E-state index < -0.39 is 0 Å². The highest BCUT2D eigenvalue weighted by Gasteiger charge is 2.22. The van der Waals surface area contributed by atoms with E-state index in [1.54, 1.807) is 0 Å². The number of aldehydes is 1. The van der Waals surface area contributed by atoms with Crippen LogP contribution in [0.15, 0.2) is 22.7 Å². The lowest BCUT2D eigenvalue weighted by Crippen LogP contribution is -2.00. The summed E-state index contributed by atoms with van der Waals surface area (Å²) >= 11 is 3.44. The molecule has 0 aromatic heterocycles. The lowest BCUT2D eigenvalue weighted by Gasteiger charge is -2.08. The molecule has 1 aliphatic rings. The number of rotatable bonds is 5. The van der Waals surface area contributed by atoms with Gasteiger partial charge in [0.1, 0.15) is 12.0 Å². The Bertz CT molecular complexity index is 359. The van der Waals surface area contributed by atoms with Gasteiger partial charge in [0.15, 0.2) is 0 Å². The Morgan fingerprint density at radius 3 is 2.93 bits per heavy atom. The number of hydrogen-bond acceptors (Lipinski definition) is 2. The SMILES string of the molecule is O=CCc1ccc(Br)c(OCC2CC2)c1. The van der Waals surface area contributed by atoms with Crippen molar-refractivity contribution >= 4 is 22.2 Å². The minimum absolute atomic E-state index is 0.451. The summed E-state index contributed by atoms with van der Waals surface area (Å²) in [6.45, 7) is 0.795. The Hall–Kier alpha value is -0.830. The molecule has 1 fully saturated rings. The van der Waals surface area contributed by atoms with Crippen molar-refractivity contribution in [3.8, 4) is 5.75 Å². The monoisotopic (exact) mass is 268 g/mol. The topological polar surface area (TPSA) is 26.3 Å². The van der Waals surface area contributed by atoms with E-state index in [0.29, 0.717) is 6.42 Å². The molecule has 0 saturated heterocycles. The van der Waals surface area contributed by atoms with Crippen LogP contribution in [0.1, 0.15) is 18.4 Å². The fourth-order valence-electron chi connectivity index (χ4n) is 1.37. The Balaban J connectivity index is 2.04. The largest absolute Gasteiger partial charge is 0.492 e. The van der Waals surface area contributed by atoms with Crippen molar-refractivity contribution < 1.29 is 9.53 Å². The van der Waals surface area contributed by atoms with Crippen LogP contribution >= 0.6 is 15.9 Å². The predicted molar refractivity (Wildman–Crippen MR) is 62.1 cm³/mol. The lowest BCUT2D eigenvalue weighted by molar-refractivity contribution is -0.107. The first-order chi connectivity index (χ1) is 7.29. The molecule has 0 amide bonds. The lowest BCUT2D eigenvalue weighted by atomic mass is 10.1. The van der Waals surface area contributed by atoms with Gasteiger partial charge in [-0.2, -0.15) is 0 Å². The minimum Gasteiger partial charge on any atom is -0.492 e. The van der Waals surface area contributed by atoms with E-state index in [1.807, 2.05) is 18.2 Å². The van der Waals surface area contributed by atoms with Crippen LogP contribution in [0, 0.1) is 5.92 Å². The van der Waals surface area contributed by atoms with E-state index >= 15 is 0 Å². The molecule has 3 heteroatoms. The number of hydrogen-bond donors (Lipinski definition) is 0. The summed E-state index contributed by atoms with van der Waals surface area (Å²) in [6.07, 6.45) is 3.93. The van der Waals surface area contributed by atoms with Gasteiger partial charge in [0.25, 0.3) is 0 Å². The van der Waals surface area contributed by atoms with Crippen LogP contribution < -0.4 is 4.74 Å². The van der Waals surface area contributed by atoms with Crippen LogP contribution in [0.2, 0.25) is 0 Å². The van der Waals surface area contributed by atoms with Gasteiger partial charge >= 0.3 is 0 Å². The van der Waals surface area contributed by atoms with Crippen molar-refractivity contribution in [1.29, 1.82) is 0 Å². The molecule has 0 spiro atoms. The highest BCUT2D eigenvalue weighted by molar-refractivity contribution is 9.10. The van der Waals surface area contributed by atoms with E-state index in [-0.39, 0.29) is 0 Å². The Kier molecular flexibility index (Phi) is 3.41. The van der Waals surface area contributed by atoms with Crippen LogP contribution in [0.3, 0.4) is 0 Å². The molecule has 0 bridgehead atoms. The Morgan fingerprint density at radius 2 is 2.27 bits per heavy atom. The maximum absolute atomic E-state index is 10.4. The quantitative estimate of drug-likeness (QED) is 0.768. The first kappa shape index (κ1) is 10.7. The van der Waals surface area contributed by atoms with Crippen LogP contribution in [0.25, 0.3) is 0 Å². The fourth-order valence-corrected chi connectivity index (χ4v) is 1.73. The zero-order valence-electron chi connectivity index (χ0n) is 8.41. The maximum Gasteiger partial charge on any atom is 0.133 e. The predicted octanol–water partition coefficient (Wildman–Crippen LogP) is 2.98. The molecule has 0 aliphatic heterocycles. The van der Waals surface area contributed by atoms with E-state index in [2.05, 4.69) is 15.9 Å². The molecule has 0 atom stereocenters. The summed E-state index contributed by atoms with van der Waals surface area (Å²) in [5.41, 5.74) is 0.999. The molecular weight excluding hydrogens is 256 g/mol. The van der Waals surface area contributed by atoms with Gasteiger partial charge in [-0.05, 0) is 52.4 Å². The Labute approximate surface area is 97.8 Å². The average molecular weight is 269 g/mol. The molecule has 2 rings (SSSR count). The van der Waals surface area contributed by atoms with Crippen molar-refractivity contribution in [2.75, 3.05) is 6.61 Å². The number of benzene rings is 1. The molecule has 0 radical (unpaired) electrons. The zero-order valence-corrected chi connectivity index (χ0v) is 10.00. The molecule has 15 heavy (non-hydrogen) atoms. The van der Waals surface area contributed by atoms with E-state index in [9.17, 15) is 4.79 Å². The second kappa shape index (κ2) is 4.79. The first-order valence-corrected chi connectivity index (χ1v) is 5.94. The van der Waals surface area contributed by atoms with Crippen LogP contribution in [-0.2, 0) is 11.2 Å². The summed E-state index contributed by atoms with van der Waals surface area (Å²) in [5.74, 6) is 1.59. The number of carbonyl (C=O) groups excluding carboxylic acids is 1. The third kappa shape index (κ3) is 3.06. The fraction of sp³-hybridized carbons (Fsp3) is 0.417. The molecule has 80 valence electrons. The minimum atomic E-state index is 0.451. The Morgan fingerprint density at radius 1 is 1.47 bits per heavy atom. The standard InChI is InChI=1S/C12H13BrO2/c13-11-4-3-9(5-6-14)7-12(11)15-8-10-1-2-10/h3-4,6-7,10H,1-2,5,8H2. The van der Waals surface area contributed by atoms with Gasteiger partial charge in [-0.15, -0.1) is 0 Å². The average Bonchev–Trinajstić information content (AvgIpc) is 3.03. The number of ether oxygens (including phenoxy) is 1. The van der Waals surface area contributed by atoms with E-state index in [0.717, 1.165) is 34.6 Å². The van der Waals surface area contributed by atoms with Crippen LogP contribution in [-0.4, -0.2) is 12.9 Å². The second-order valence-electron chi connectivity index (χ2n) is 3.89. The molecule has 2 nitrogen and oxygen atoms in total. The number of carbonyl (C=O) groups is 1. The third-order valence-electron chi connectivity index (χ3n) is 2.49. The van der Waals surface area contributed by atoms with Crippen molar-refractivity contribution in [3.05, 3.63) is 28.2 Å². The van der Waals surface area contributed by atoms with Gasteiger partial charge in [0.05, 0.1) is 11.1 Å². The highest BCUT2D eigenvalue weighted by atomic mass is 79.9. The van der Waals surface area contributed by atoms with Gasteiger partial charge in [0, 0.05) is 6.42 Å². The molecule has 0 N–H and O–H groups in total. The zero-order chi connectivity index (χ0) is 10.7. The van der Waals surface area contributed by atoms with Crippen molar-refractivity contribution in [1.82, 2.24) is 0 Å². The van der Waals surface area contributed by atoms with E-state index in [1.165, 1.54) is 12.8 Å². The summed E-state index contributed by atoms with van der Waals surface area (Å²) < 4.78 is 6.64.